The van der Waals surface area contributed by atoms with Gasteiger partial charge in [-0.3, -0.25) is 0 Å². The Morgan fingerprint density at radius 2 is 2.06 bits per heavy atom. The van der Waals surface area contributed by atoms with Gasteiger partial charge in [-0.2, -0.15) is 0 Å². The molecule has 0 amide bonds. The quantitative estimate of drug-likeness (QED) is 0.689. The van der Waals surface area contributed by atoms with E-state index in [4.69, 9.17) is 11.5 Å². The van der Waals surface area contributed by atoms with E-state index in [1.165, 1.54) is 0 Å². The van der Waals surface area contributed by atoms with Crippen molar-refractivity contribution in [2.45, 2.75) is 25.1 Å². The van der Waals surface area contributed by atoms with Gasteiger partial charge < -0.3 is 11.5 Å². The summed E-state index contributed by atoms with van der Waals surface area (Å²) < 4.78 is 22.9. The molecular weight excluding hydrogens is 228 g/mol. The monoisotopic (exact) mass is 242 g/mol. The predicted molar refractivity (Wildman–Crippen MR) is 60.2 cm³/mol. The minimum Gasteiger partial charge on any atom is -0.383 e. The molecule has 0 saturated heterocycles. The lowest BCUT2D eigenvalue weighted by atomic mass is 10.1. The van der Waals surface area contributed by atoms with Gasteiger partial charge in [-0.15, -0.1) is 0 Å². The molecule has 1 unspecified atom stereocenters. The number of anilines is 1. The fraction of sp³-hybridized carbons (Fsp3) is 0.556. The van der Waals surface area contributed by atoms with Gasteiger partial charge in [0.05, 0.1) is 23.2 Å². The van der Waals surface area contributed by atoms with Gasteiger partial charge in [-0.1, -0.05) is 0 Å². The molecule has 2 rings (SSSR count). The molecule has 0 radical (unpaired) electrons. The zero-order valence-corrected chi connectivity index (χ0v) is 9.79. The van der Waals surface area contributed by atoms with Gasteiger partial charge in [0.25, 0.3) is 0 Å². The lowest BCUT2D eigenvalue weighted by Gasteiger charge is -2.18. The first-order valence-electron chi connectivity index (χ1n) is 5.00. The first-order valence-corrected chi connectivity index (χ1v) is 6.82. The van der Waals surface area contributed by atoms with Crippen molar-refractivity contribution in [3.63, 3.8) is 0 Å². The highest BCUT2D eigenvalue weighted by molar-refractivity contribution is 7.90. The highest BCUT2D eigenvalue weighted by Crippen LogP contribution is 2.24. The molecule has 1 aromatic heterocycles. The number of sulfone groups is 1. The number of nitrogen functional groups attached to an aromatic ring is 1. The van der Waals surface area contributed by atoms with Crippen LogP contribution in [-0.2, 0) is 22.0 Å². The first kappa shape index (κ1) is 11.3. The Labute approximate surface area is 94.0 Å². The van der Waals surface area contributed by atoms with Gasteiger partial charge in [-0.25, -0.2) is 18.4 Å². The van der Waals surface area contributed by atoms with Crippen LogP contribution >= 0.6 is 0 Å². The van der Waals surface area contributed by atoms with Crippen LogP contribution in [0.2, 0.25) is 0 Å². The summed E-state index contributed by atoms with van der Waals surface area (Å²) in [6.45, 7) is 1.73. The van der Waals surface area contributed by atoms with Crippen LogP contribution in [0.5, 0.6) is 0 Å². The minimum absolute atomic E-state index is 0.0607. The molecule has 2 heterocycles. The van der Waals surface area contributed by atoms with Gasteiger partial charge in [0.1, 0.15) is 11.6 Å². The summed E-state index contributed by atoms with van der Waals surface area (Å²) in [5.74, 6) is 0.806. The highest BCUT2D eigenvalue weighted by atomic mass is 32.2. The second-order valence-corrected chi connectivity index (χ2v) is 6.21. The Bertz CT molecular complexity index is 525. The number of nitrogens with two attached hydrogens (primary N) is 2. The van der Waals surface area contributed by atoms with Gasteiger partial charge in [0, 0.05) is 5.56 Å². The second-order valence-electron chi connectivity index (χ2n) is 4.02. The smallest absolute Gasteiger partial charge is 0.156 e. The number of fused-ring (bicyclic) bond motifs is 1. The van der Waals surface area contributed by atoms with Crippen molar-refractivity contribution in [3.8, 4) is 0 Å². The maximum atomic E-state index is 11.5. The maximum Gasteiger partial charge on any atom is 0.156 e. The molecule has 1 aromatic rings. The van der Waals surface area contributed by atoms with E-state index in [2.05, 4.69) is 9.97 Å². The van der Waals surface area contributed by atoms with Crippen LogP contribution in [0.1, 0.15) is 30.0 Å². The number of nitrogens with zero attached hydrogens (tertiary/aromatic N) is 2. The standard InChI is InChI=1S/C9H14N4O2S/c1-5(10)9-12-7-4-16(14,15)3-2-6(7)8(11)13-9/h5H,2-4,10H2,1H3,(H2,11,12,13). The summed E-state index contributed by atoms with van der Waals surface area (Å²) in [5.41, 5.74) is 12.7. The molecule has 0 aliphatic carbocycles. The van der Waals surface area contributed by atoms with Crippen molar-refractivity contribution in [2.24, 2.45) is 5.73 Å². The molecule has 0 fully saturated rings. The third-order valence-electron chi connectivity index (χ3n) is 2.57. The van der Waals surface area contributed by atoms with Crippen LogP contribution in [-0.4, -0.2) is 24.1 Å². The lowest BCUT2D eigenvalue weighted by molar-refractivity contribution is 0.589. The molecule has 16 heavy (non-hydrogen) atoms. The molecule has 1 atom stereocenters. The first-order chi connectivity index (χ1) is 7.39. The lowest BCUT2D eigenvalue weighted by Crippen LogP contribution is -2.24. The fourth-order valence-electron chi connectivity index (χ4n) is 1.70. The summed E-state index contributed by atoms with van der Waals surface area (Å²) in [6.07, 6.45) is 0.392. The summed E-state index contributed by atoms with van der Waals surface area (Å²) in [5, 5.41) is 0. The number of hydrogen-bond donors (Lipinski definition) is 2. The summed E-state index contributed by atoms with van der Waals surface area (Å²) >= 11 is 0. The third-order valence-corrected chi connectivity index (χ3v) is 4.11. The zero-order valence-electron chi connectivity index (χ0n) is 8.97. The Morgan fingerprint density at radius 3 is 2.69 bits per heavy atom. The maximum absolute atomic E-state index is 11.5. The molecular formula is C9H14N4O2S. The summed E-state index contributed by atoms with van der Waals surface area (Å²) in [4.78, 5) is 8.25. The van der Waals surface area contributed by atoms with E-state index >= 15 is 0 Å². The molecule has 1 aliphatic rings. The highest BCUT2D eigenvalue weighted by Gasteiger charge is 2.25. The molecule has 0 saturated carbocycles. The van der Waals surface area contributed by atoms with E-state index in [-0.39, 0.29) is 17.5 Å². The Balaban J connectivity index is 2.54. The van der Waals surface area contributed by atoms with E-state index in [1.807, 2.05) is 0 Å². The topological polar surface area (TPSA) is 112 Å². The van der Waals surface area contributed by atoms with Crippen LogP contribution in [0, 0.1) is 0 Å². The normalized spacial score (nSPS) is 20.1. The fourth-order valence-corrected chi connectivity index (χ4v) is 3.02. The minimum atomic E-state index is -3.04. The Kier molecular flexibility index (Phi) is 2.59. The van der Waals surface area contributed by atoms with Crippen molar-refractivity contribution in [1.29, 1.82) is 0 Å². The van der Waals surface area contributed by atoms with E-state index in [0.717, 1.165) is 5.56 Å². The largest absolute Gasteiger partial charge is 0.383 e. The van der Waals surface area contributed by atoms with E-state index in [0.29, 0.717) is 23.8 Å². The van der Waals surface area contributed by atoms with Gasteiger partial charge in [0.15, 0.2) is 9.84 Å². The van der Waals surface area contributed by atoms with Crippen LogP contribution in [0.4, 0.5) is 5.82 Å². The van der Waals surface area contributed by atoms with Gasteiger partial charge in [-0.05, 0) is 13.3 Å². The average molecular weight is 242 g/mol. The number of rotatable bonds is 1. The van der Waals surface area contributed by atoms with E-state index < -0.39 is 9.84 Å². The molecule has 0 bridgehead atoms. The molecule has 1 aliphatic heterocycles. The van der Waals surface area contributed by atoms with Crippen LogP contribution in [0.15, 0.2) is 0 Å². The van der Waals surface area contributed by atoms with Crippen molar-refractivity contribution < 1.29 is 8.42 Å². The number of aromatic nitrogens is 2. The molecule has 0 spiro atoms. The molecule has 88 valence electrons. The van der Waals surface area contributed by atoms with Crippen molar-refractivity contribution in [1.82, 2.24) is 9.97 Å². The van der Waals surface area contributed by atoms with E-state index in [9.17, 15) is 8.42 Å². The third kappa shape index (κ3) is 2.00. The second kappa shape index (κ2) is 3.67. The molecule has 0 aromatic carbocycles. The predicted octanol–water partition coefficient (Wildman–Crippen LogP) is -0.451. The Morgan fingerprint density at radius 1 is 1.38 bits per heavy atom. The summed E-state index contributed by atoms with van der Waals surface area (Å²) in [7, 11) is -3.04. The van der Waals surface area contributed by atoms with Gasteiger partial charge >= 0.3 is 0 Å². The molecule has 7 heteroatoms. The van der Waals surface area contributed by atoms with Crippen molar-refractivity contribution in [3.05, 3.63) is 17.1 Å². The van der Waals surface area contributed by atoms with Gasteiger partial charge in [0.2, 0.25) is 0 Å². The number of hydrogen-bond acceptors (Lipinski definition) is 6. The summed E-state index contributed by atoms with van der Waals surface area (Å²) in [6, 6.07) is -0.350. The Hall–Kier alpha value is -1.21. The van der Waals surface area contributed by atoms with Crippen molar-refractivity contribution in [2.75, 3.05) is 11.5 Å². The van der Waals surface area contributed by atoms with Crippen LogP contribution in [0.3, 0.4) is 0 Å². The van der Waals surface area contributed by atoms with Crippen LogP contribution in [0.25, 0.3) is 0 Å². The van der Waals surface area contributed by atoms with Crippen LogP contribution < -0.4 is 11.5 Å². The zero-order chi connectivity index (χ0) is 11.9. The average Bonchev–Trinajstić information content (AvgIpc) is 2.14. The van der Waals surface area contributed by atoms with E-state index in [1.54, 1.807) is 6.92 Å². The molecule has 6 nitrogen and oxygen atoms in total. The van der Waals surface area contributed by atoms with Crippen molar-refractivity contribution >= 4 is 15.7 Å². The SMILES string of the molecule is CC(N)c1nc(N)c2c(n1)CS(=O)(=O)CC2. The molecule has 4 N–H and O–H groups in total.